The number of anilines is 2. The maximum Gasteiger partial charge on any atom is 0.410 e. The molecule has 2 amide bonds. The van der Waals surface area contributed by atoms with E-state index in [9.17, 15) is 27.2 Å². The fourth-order valence-electron chi connectivity index (χ4n) is 5.23. The molecule has 2 aromatic heterocycles. The molecule has 1 aliphatic rings. The Morgan fingerprint density at radius 3 is 2.52 bits per heavy atom. The van der Waals surface area contributed by atoms with Crippen LogP contribution in [-0.2, 0) is 9.59 Å². The third-order valence-electron chi connectivity index (χ3n) is 7.33. The number of carbonyl (C=O) groups is 2. The van der Waals surface area contributed by atoms with Gasteiger partial charge in [-0.1, -0.05) is 44.2 Å². The van der Waals surface area contributed by atoms with Gasteiger partial charge in [-0.3, -0.25) is 24.5 Å². The topological polar surface area (TPSA) is 82.0 Å². The maximum absolute atomic E-state index is 15.0. The summed E-state index contributed by atoms with van der Waals surface area (Å²) < 4.78 is 58.5. The number of nitrogens with zero attached hydrogens (tertiary/aromatic N) is 6. The number of piperazine rings is 1. The molecule has 0 saturated carbocycles. The minimum Gasteiger partial charge on any atom is -0.341 e. The highest BCUT2D eigenvalue weighted by atomic mass is 35.5. The van der Waals surface area contributed by atoms with Gasteiger partial charge >= 0.3 is 6.18 Å². The average Bonchev–Trinajstić information content (AvgIpc) is 2.99. The number of amides is 2. The van der Waals surface area contributed by atoms with Crippen LogP contribution in [0.1, 0.15) is 36.6 Å². The van der Waals surface area contributed by atoms with Gasteiger partial charge in [0.05, 0.1) is 34.2 Å². The summed E-state index contributed by atoms with van der Waals surface area (Å²) in [6.07, 6.45) is -1.73. The minimum atomic E-state index is -4.77. The zero-order chi connectivity index (χ0) is 32.3. The van der Waals surface area contributed by atoms with Gasteiger partial charge in [-0.25, -0.2) is 9.37 Å². The Bertz CT molecular complexity index is 1610. The lowest BCUT2D eigenvalue weighted by Gasteiger charge is -2.43. The van der Waals surface area contributed by atoms with Crippen molar-refractivity contribution < 1.29 is 27.2 Å². The van der Waals surface area contributed by atoms with Crippen LogP contribution in [0.3, 0.4) is 0 Å². The monoisotopic (exact) mass is 630 g/mol. The molecule has 1 aromatic carbocycles. The summed E-state index contributed by atoms with van der Waals surface area (Å²) in [4.78, 5) is 41.7. The van der Waals surface area contributed by atoms with Crippen LogP contribution in [0.15, 0.2) is 60.2 Å². The molecule has 0 spiro atoms. The normalized spacial score (nSPS) is 15.9. The Balaban J connectivity index is 2.00. The summed E-state index contributed by atoms with van der Waals surface area (Å²) in [6, 6.07) is 6.63. The predicted molar refractivity (Wildman–Crippen MR) is 162 cm³/mol. The molecular formula is C31H31ClF4N6O2. The van der Waals surface area contributed by atoms with Gasteiger partial charge in [0, 0.05) is 31.9 Å². The molecule has 1 saturated heterocycles. The summed E-state index contributed by atoms with van der Waals surface area (Å²) in [6.45, 7) is 7.94. The van der Waals surface area contributed by atoms with E-state index in [-0.39, 0.29) is 52.5 Å². The zero-order valence-corrected chi connectivity index (χ0v) is 25.3. The van der Waals surface area contributed by atoms with Crippen LogP contribution in [0.5, 0.6) is 0 Å². The summed E-state index contributed by atoms with van der Waals surface area (Å²) in [5, 5.41) is -0.0723. The molecule has 1 atom stereocenters. The Kier molecular flexibility index (Phi) is 9.72. The molecule has 0 bridgehead atoms. The van der Waals surface area contributed by atoms with Crippen molar-refractivity contribution in [2.24, 2.45) is 4.99 Å². The molecule has 1 fully saturated rings. The summed E-state index contributed by atoms with van der Waals surface area (Å²) in [7, 11) is 1.31. The predicted octanol–water partition coefficient (Wildman–Crippen LogP) is 6.30. The third kappa shape index (κ3) is 6.30. The molecule has 3 aromatic rings. The number of halogens is 5. The number of pyridine rings is 2. The first kappa shape index (κ1) is 32.6. The first-order chi connectivity index (χ1) is 20.8. The molecule has 0 N–H and O–H groups in total. The van der Waals surface area contributed by atoms with Crippen LogP contribution < -0.4 is 4.90 Å². The first-order valence-corrected chi connectivity index (χ1v) is 14.1. The molecule has 1 aliphatic heterocycles. The first-order valence-electron chi connectivity index (χ1n) is 13.7. The van der Waals surface area contributed by atoms with E-state index in [1.165, 1.54) is 36.2 Å². The van der Waals surface area contributed by atoms with E-state index in [1.807, 2.05) is 13.8 Å². The molecule has 4 rings (SSSR count). The second kappa shape index (κ2) is 13.1. The Labute approximate surface area is 257 Å². The van der Waals surface area contributed by atoms with Crippen molar-refractivity contribution in [3.8, 4) is 11.3 Å². The van der Waals surface area contributed by atoms with Gasteiger partial charge in [-0.05, 0) is 48.7 Å². The van der Waals surface area contributed by atoms with E-state index in [2.05, 4.69) is 21.5 Å². The summed E-state index contributed by atoms with van der Waals surface area (Å²) >= 11 is 6.66. The number of aromatic nitrogens is 2. The Morgan fingerprint density at radius 1 is 1.23 bits per heavy atom. The van der Waals surface area contributed by atoms with Crippen molar-refractivity contribution in [3.05, 3.63) is 82.9 Å². The lowest BCUT2D eigenvalue weighted by Crippen LogP contribution is -2.61. The standard InChI is InChI=1S/C31H31ClF4N6O2/c1-6-25(44)40-13-14-41(24(16-40)31(34,35)36)29(37-5)21-15-22(32)27(20-9-7-8-10-23(20)33)39-30(21)42(17-43)28-19(4)11-12-38-26(28)18(2)3/h6-12,15,17-18,24H,1,13-14,16H2,2-5H3/b37-29+. The van der Waals surface area contributed by atoms with E-state index in [0.717, 1.165) is 15.9 Å². The molecule has 232 valence electrons. The third-order valence-corrected chi connectivity index (χ3v) is 7.62. The molecule has 13 heteroatoms. The Morgan fingerprint density at radius 2 is 1.93 bits per heavy atom. The van der Waals surface area contributed by atoms with E-state index in [0.29, 0.717) is 23.4 Å². The number of carbonyl (C=O) groups excluding carboxylic acids is 2. The number of aliphatic imine (C=N–C) groups is 1. The SMILES string of the molecule is C=CC(=O)N1CCN(/C(=N/C)c2cc(Cl)c(-c3ccccc3F)nc2N(C=O)c2c(C)ccnc2C(C)C)C(C(F)(F)F)C1. The van der Waals surface area contributed by atoms with Crippen molar-refractivity contribution in [3.63, 3.8) is 0 Å². The van der Waals surface area contributed by atoms with Crippen molar-refractivity contribution in [2.75, 3.05) is 31.6 Å². The van der Waals surface area contributed by atoms with Gasteiger partial charge in [0.1, 0.15) is 17.7 Å². The lowest BCUT2D eigenvalue weighted by molar-refractivity contribution is -0.186. The van der Waals surface area contributed by atoms with Crippen LogP contribution in [-0.4, -0.2) is 76.8 Å². The lowest BCUT2D eigenvalue weighted by atomic mass is 10.0. The van der Waals surface area contributed by atoms with E-state index >= 15 is 0 Å². The van der Waals surface area contributed by atoms with Gasteiger partial charge in [0.2, 0.25) is 12.3 Å². The fraction of sp³-hybridized carbons (Fsp3) is 0.323. The van der Waals surface area contributed by atoms with Gasteiger partial charge < -0.3 is 9.80 Å². The number of alkyl halides is 3. The van der Waals surface area contributed by atoms with Crippen LogP contribution in [0.2, 0.25) is 5.02 Å². The van der Waals surface area contributed by atoms with Crippen LogP contribution in [0, 0.1) is 12.7 Å². The quantitative estimate of drug-likeness (QED) is 0.101. The van der Waals surface area contributed by atoms with Gasteiger partial charge in [0.15, 0.2) is 5.82 Å². The van der Waals surface area contributed by atoms with E-state index in [1.54, 1.807) is 25.3 Å². The van der Waals surface area contributed by atoms with Crippen molar-refractivity contribution in [1.82, 2.24) is 19.8 Å². The molecule has 0 aliphatic carbocycles. The maximum atomic E-state index is 15.0. The fourth-order valence-corrected chi connectivity index (χ4v) is 5.49. The second-order valence-corrected chi connectivity index (χ2v) is 10.9. The Hall–Kier alpha value is -4.32. The molecular weight excluding hydrogens is 600 g/mol. The molecule has 8 nitrogen and oxygen atoms in total. The largest absolute Gasteiger partial charge is 0.410 e. The molecule has 0 radical (unpaired) electrons. The summed E-state index contributed by atoms with van der Waals surface area (Å²) in [5.74, 6) is -1.70. The second-order valence-electron chi connectivity index (χ2n) is 10.4. The highest BCUT2D eigenvalue weighted by Gasteiger charge is 2.49. The van der Waals surface area contributed by atoms with E-state index < -0.39 is 30.5 Å². The van der Waals surface area contributed by atoms with Gasteiger partial charge in [0.25, 0.3) is 0 Å². The van der Waals surface area contributed by atoms with E-state index in [4.69, 9.17) is 11.6 Å². The van der Waals surface area contributed by atoms with Crippen LogP contribution >= 0.6 is 11.6 Å². The number of hydrogen-bond donors (Lipinski definition) is 0. The average molecular weight is 631 g/mol. The number of hydrogen-bond acceptors (Lipinski definition) is 5. The van der Waals surface area contributed by atoms with Crippen LogP contribution in [0.4, 0.5) is 29.1 Å². The van der Waals surface area contributed by atoms with Crippen LogP contribution in [0.25, 0.3) is 11.3 Å². The molecule has 44 heavy (non-hydrogen) atoms. The summed E-state index contributed by atoms with van der Waals surface area (Å²) in [5.41, 5.74) is 1.56. The highest BCUT2D eigenvalue weighted by Crippen LogP contribution is 2.40. The number of rotatable bonds is 7. The smallest absolute Gasteiger partial charge is 0.341 e. The molecule has 1 unspecified atom stereocenters. The number of aryl methyl sites for hydroxylation is 1. The van der Waals surface area contributed by atoms with Gasteiger partial charge in [-0.15, -0.1) is 0 Å². The van der Waals surface area contributed by atoms with Gasteiger partial charge in [-0.2, -0.15) is 13.2 Å². The zero-order valence-electron chi connectivity index (χ0n) is 24.6. The number of amidine groups is 1. The highest BCUT2D eigenvalue weighted by molar-refractivity contribution is 6.33. The minimum absolute atomic E-state index is 0.000366. The van der Waals surface area contributed by atoms with Crippen molar-refractivity contribution in [1.29, 1.82) is 0 Å². The number of benzene rings is 1. The molecule has 3 heterocycles. The van der Waals surface area contributed by atoms with Crippen molar-refractivity contribution >= 4 is 41.3 Å². The van der Waals surface area contributed by atoms with Crippen molar-refractivity contribution in [2.45, 2.75) is 38.9 Å².